The highest BCUT2D eigenvalue weighted by molar-refractivity contribution is 4.72. The Morgan fingerprint density at radius 2 is 1.64 bits per heavy atom. The zero-order chi connectivity index (χ0) is 10.4. The van der Waals surface area contributed by atoms with E-state index in [1.54, 1.807) is 0 Å². The minimum Gasteiger partial charge on any atom is -0.328 e. The predicted molar refractivity (Wildman–Crippen MR) is 63.2 cm³/mol. The van der Waals surface area contributed by atoms with Gasteiger partial charge in [0.05, 0.1) is 0 Å². The van der Waals surface area contributed by atoms with Crippen LogP contribution in [-0.4, -0.2) is 6.04 Å². The molecule has 0 aromatic rings. The number of rotatable bonds is 2. The van der Waals surface area contributed by atoms with Crippen LogP contribution in [0.25, 0.3) is 0 Å². The van der Waals surface area contributed by atoms with Crippen LogP contribution in [0.2, 0.25) is 0 Å². The fourth-order valence-corrected chi connectivity index (χ4v) is 2.75. The Labute approximate surface area is 89.5 Å². The molecule has 1 heteroatoms. The first-order valence-corrected chi connectivity index (χ1v) is 6.45. The van der Waals surface area contributed by atoms with Crippen molar-refractivity contribution in [2.45, 2.75) is 71.3 Å². The summed E-state index contributed by atoms with van der Waals surface area (Å²) in [6.07, 6.45) is 11.3. The van der Waals surface area contributed by atoms with Crippen molar-refractivity contribution in [1.82, 2.24) is 0 Å². The van der Waals surface area contributed by atoms with Gasteiger partial charge in [0.1, 0.15) is 0 Å². The molecule has 0 amide bonds. The zero-order valence-corrected chi connectivity index (χ0v) is 9.97. The highest BCUT2D eigenvalue weighted by Crippen LogP contribution is 2.29. The lowest BCUT2D eigenvalue weighted by Gasteiger charge is -2.24. The minimum atomic E-state index is 0.392. The smallest absolute Gasteiger partial charge is 0.00132 e. The van der Waals surface area contributed by atoms with Crippen LogP contribution in [0, 0.1) is 11.8 Å². The largest absolute Gasteiger partial charge is 0.328 e. The van der Waals surface area contributed by atoms with Gasteiger partial charge in [-0.1, -0.05) is 51.9 Å². The van der Waals surface area contributed by atoms with Gasteiger partial charge in [0.2, 0.25) is 0 Å². The molecule has 14 heavy (non-hydrogen) atoms. The zero-order valence-electron chi connectivity index (χ0n) is 9.97. The second-order valence-corrected chi connectivity index (χ2v) is 5.30. The van der Waals surface area contributed by atoms with Crippen molar-refractivity contribution in [3.05, 3.63) is 0 Å². The quantitative estimate of drug-likeness (QED) is 0.717. The maximum absolute atomic E-state index is 5.91. The van der Waals surface area contributed by atoms with Crippen LogP contribution in [0.4, 0.5) is 0 Å². The lowest BCUT2D eigenvalue weighted by molar-refractivity contribution is 0.281. The van der Waals surface area contributed by atoms with E-state index in [0.717, 1.165) is 11.8 Å². The number of hydrogen-bond acceptors (Lipinski definition) is 1. The number of hydrogen-bond donors (Lipinski definition) is 1. The van der Waals surface area contributed by atoms with Crippen molar-refractivity contribution >= 4 is 0 Å². The first kappa shape index (κ1) is 12.0. The van der Waals surface area contributed by atoms with E-state index in [0.29, 0.717) is 6.04 Å². The van der Waals surface area contributed by atoms with Gasteiger partial charge in [-0.2, -0.15) is 0 Å². The third-order valence-electron chi connectivity index (χ3n) is 3.71. The maximum Gasteiger partial charge on any atom is 0.00132 e. The summed E-state index contributed by atoms with van der Waals surface area (Å²) < 4.78 is 0. The summed E-state index contributed by atoms with van der Waals surface area (Å²) in [5.41, 5.74) is 5.91. The Bertz CT molecular complexity index is 142. The van der Waals surface area contributed by atoms with E-state index in [1.807, 2.05) is 0 Å². The molecule has 3 atom stereocenters. The molecular weight excluding hydrogens is 170 g/mol. The van der Waals surface area contributed by atoms with Crippen molar-refractivity contribution in [3.8, 4) is 0 Å². The van der Waals surface area contributed by atoms with E-state index in [-0.39, 0.29) is 0 Å². The summed E-state index contributed by atoms with van der Waals surface area (Å²) >= 11 is 0. The summed E-state index contributed by atoms with van der Waals surface area (Å²) in [6.45, 7) is 4.58. The van der Waals surface area contributed by atoms with Gasteiger partial charge in [-0.25, -0.2) is 0 Å². The molecule has 0 heterocycles. The molecule has 0 aliphatic heterocycles. The first-order chi connectivity index (χ1) is 6.70. The van der Waals surface area contributed by atoms with Gasteiger partial charge in [-0.15, -0.1) is 0 Å². The molecule has 0 bridgehead atoms. The summed E-state index contributed by atoms with van der Waals surface area (Å²) in [6, 6.07) is 0.392. The molecule has 1 saturated carbocycles. The van der Waals surface area contributed by atoms with Crippen molar-refractivity contribution in [2.24, 2.45) is 17.6 Å². The van der Waals surface area contributed by atoms with Gasteiger partial charge in [0, 0.05) is 6.04 Å². The number of nitrogens with two attached hydrogens (primary N) is 1. The van der Waals surface area contributed by atoms with E-state index < -0.39 is 0 Å². The average molecular weight is 197 g/mol. The minimum absolute atomic E-state index is 0.392. The molecule has 0 aromatic heterocycles. The molecule has 84 valence electrons. The van der Waals surface area contributed by atoms with Crippen LogP contribution in [0.3, 0.4) is 0 Å². The molecule has 1 unspecified atom stereocenters. The summed E-state index contributed by atoms with van der Waals surface area (Å²) in [5.74, 6) is 1.80. The van der Waals surface area contributed by atoms with Gasteiger partial charge < -0.3 is 5.73 Å². The second kappa shape index (κ2) is 6.44. The summed E-state index contributed by atoms with van der Waals surface area (Å²) in [5, 5.41) is 0. The molecule has 1 aliphatic rings. The molecule has 0 saturated heterocycles. The van der Waals surface area contributed by atoms with Crippen LogP contribution in [0.1, 0.15) is 65.2 Å². The van der Waals surface area contributed by atoms with E-state index in [2.05, 4.69) is 13.8 Å². The van der Waals surface area contributed by atoms with Crippen molar-refractivity contribution in [1.29, 1.82) is 0 Å². The molecule has 1 nitrogen and oxygen atoms in total. The van der Waals surface area contributed by atoms with Crippen LogP contribution in [0.5, 0.6) is 0 Å². The Balaban J connectivity index is 2.40. The lowest BCUT2D eigenvalue weighted by atomic mass is 9.83. The Morgan fingerprint density at radius 3 is 2.29 bits per heavy atom. The van der Waals surface area contributed by atoms with Crippen molar-refractivity contribution < 1.29 is 0 Å². The Hall–Kier alpha value is -0.0400. The molecule has 1 rings (SSSR count). The summed E-state index contributed by atoms with van der Waals surface area (Å²) in [7, 11) is 0. The van der Waals surface area contributed by atoms with Gasteiger partial charge in [-0.3, -0.25) is 0 Å². The first-order valence-electron chi connectivity index (χ1n) is 6.45. The Kier molecular flexibility index (Phi) is 5.54. The van der Waals surface area contributed by atoms with Crippen LogP contribution >= 0.6 is 0 Å². The molecule has 2 N–H and O–H groups in total. The van der Waals surface area contributed by atoms with E-state index >= 15 is 0 Å². The second-order valence-electron chi connectivity index (χ2n) is 5.30. The highest BCUT2D eigenvalue weighted by Gasteiger charge is 2.19. The molecule has 0 aromatic carbocycles. The van der Waals surface area contributed by atoms with E-state index in [1.165, 1.54) is 51.4 Å². The lowest BCUT2D eigenvalue weighted by Crippen LogP contribution is -2.23. The van der Waals surface area contributed by atoms with Gasteiger partial charge in [0.25, 0.3) is 0 Å². The Morgan fingerprint density at radius 1 is 1.07 bits per heavy atom. The molecule has 1 fully saturated rings. The van der Waals surface area contributed by atoms with Crippen molar-refractivity contribution in [2.75, 3.05) is 0 Å². The summed E-state index contributed by atoms with van der Waals surface area (Å²) in [4.78, 5) is 0. The average Bonchev–Trinajstić information content (AvgIpc) is 2.20. The third kappa shape index (κ3) is 4.45. The fourth-order valence-electron chi connectivity index (χ4n) is 2.75. The van der Waals surface area contributed by atoms with Crippen LogP contribution in [0.15, 0.2) is 0 Å². The van der Waals surface area contributed by atoms with Gasteiger partial charge in [-0.05, 0) is 25.2 Å². The van der Waals surface area contributed by atoms with E-state index in [9.17, 15) is 0 Å². The topological polar surface area (TPSA) is 26.0 Å². The van der Waals surface area contributed by atoms with Crippen LogP contribution < -0.4 is 5.73 Å². The normalized spacial score (nSPS) is 32.8. The van der Waals surface area contributed by atoms with Crippen LogP contribution in [-0.2, 0) is 0 Å². The van der Waals surface area contributed by atoms with Gasteiger partial charge >= 0.3 is 0 Å². The maximum atomic E-state index is 5.91. The third-order valence-corrected chi connectivity index (χ3v) is 3.71. The van der Waals surface area contributed by atoms with E-state index in [4.69, 9.17) is 5.73 Å². The SMILES string of the molecule is C[C@H](N)CC1CCCCCCC[C@H]1C. The standard InChI is InChI=1S/C13H27N/c1-11-8-6-4-3-5-7-9-13(11)10-12(2)14/h11-13H,3-10,14H2,1-2H3/t11-,12+,13?/m1/s1. The van der Waals surface area contributed by atoms with Crippen molar-refractivity contribution in [3.63, 3.8) is 0 Å². The monoisotopic (exact) mass is 197 g/mol. The van der Waals surface area contributed by atoms with Gasteiger partial charge in [0.15, 0.2) is 0 Å². The molecule has 1 aliphatic carbocycles. The predicted octanol–water partition coefficient (Wildman–Crippen LogP) is 3.72. The highest BCUT2D eigenvalue weighted by atomic mass is 14.6. The molecule has 0 spiro atoms. The molecule has 0 radical (unpaired) electrons. The molecular formula is C13H27N. The fraction of sp³-hybridized carbons (Fsp3) is 1.00.